The molecule has 5 heteroatoms. The number of carbonyl (C=O) groups is 1. The van der Waals surface area contributed by atoms with E-state index < -0.39 is 5.54 Å². The molecule has 0 bridgehead atoms. The normalized spacial score (nSPS) is 15.4. The Kier molecular flexibility index (Phi) is 5.85. The van der Waals surface area contributed by atoms with Crippen LogP contribution in [0.1, 0.15) is 67.1 Å². The van der Waals surface area contributed by atoms with Crippen molar-refractivity contribution < 1.29 is 4.79 Å². The molecule has 30 heavy (non-hydrogen) atoms. The van der Waals surface area contributed by atoms with Gasteiger partial charge in [-0.1, -0.05) is 56.2 Å². The number of nitrogens with zero attached hydrogens (tertiary/aromatic N) is 3. The lowest BCUT2D eigenvalue weighted by molar-refractivity contribution is 0.0903. The van der Waals surface area contributed by atoms with Crippen LogP contribution in [0.2, 0.25) is 0 Å². The largest absolute Gasteiger partial charge is 0.336 e. The summed E-state index contributed by atoms with van der Waals surface area (Å²) in [5.41, 5.74) is 2.89. The Morgan fingerprint density at radius 2 is 2.00 bits per heavy atom. The number of carbonyl (C=O) groups excluding carboxylic acids is 1. The van der Waals surface area contributed by atoms with Crippen molar-refractivity contribution in [2.24, 2.45) is 0 Å². The predicted octanol–water partition coefficient (Wildman–Crippen LogP) is 4.63. The molecule has 0 saturated heterocycles. The van der Waals surface area contributed by atoms with Gasteiger partial charge in [0.15, 0.2) is 0 Å². The first kappa shape index (κ1) is 20.2. The molecule has 0 radical (unpaired) electrons. The first-order chi connectivity index (χ1) is 14.6. The first-order valence-electron chi connectivity index (χ1n) is 10.8. The number of nitrogens with one attached hydrogen (secondary N) is 1. The summed E-state index contributed by atoms with van der Waals surface area (Å²) in [4.78, 5) is 17.6. The summed E-state index contributed by atoms with van der Waals surface area (Å²) in [6.07, 6.45) is 9.54. The number of hydrogen-bond acceptors (Lipinski definition) is 3. The van der Waals surface area contributed by atoms with Crippen LogP contribution >= 0.6 is 0 Å². The maximum Gasteiger partial charge on any atom is 0.255 e. The maximum absolute atomic E-state index is 13.1. The van der Waals surface area contributed by atoms with Gasteiger partial charge in [0.2, 0.25) is 0 Å². The number of fused-ring (bicyclic) bond motifs is 1. The van der Waals surface area contributed by atoms with Gasteiger partial charge >= 0.3 is 0 Å². The number of para-hydroxylation sites is 1. The molecule has 2 heterocycles. The highest BCUT2D eigenvalue weighted by molar-refractivity contribution is 5.95. The summed E-state index contributed by atoms with van der Waals surface area (Å²) in [6, 6.07) is 10.1. The van der Waals surface area contributed by atoms with E-state index in [0.717, 1.165) is 60.8 Å². The van der Waals surface area contributed by atoms with Crippen molar-refractivity contribution in [2.45, 2.75) is 64.5 Å². The van der Waals surface area contributed by atoms with Gasteiger partial charge in [0, 0.05) is 29.4 Å². The molecule has 5 nitrogen and oxygen atoms in total. The minimum atomic E-state index is -0.500. The van der Waals surface area contributed by atoms with Crippen molar-refractivity contribution in [3.63, 3.8) is 0 Å². The topological polar surface area (TPSA) is 59.8 Å². The Balaban J connectivity index is 1.60. The van der Waals surface area contributed by atoms with Crippen LogP contribution < -0.4 is 5.32 Å². The quantitative estimate of drug-likeness (QED) is 0.650. The second kappa shape index (κ2) is 8.71. The minimum absolute atomic E-state index is 0.0808. The number of hydrogen-bond donors (Lipinski definition) is 1. The average molecular weight is 401 g/mol. The molecule has 1 aromatic carbocycles. The highest BCUT2D eigenvalue weighted by atomic mass is 16.1. The summed E-state index contributed by atoms with van der Waals surface area (Å²) in [6.45, 7) is 4.88. The van der Waals surface area contributed by atoms with Crippen LogP contribution in [0.5, 0.6) is 0 Å². The zero-order valence-electron chi connectivity index (χ0n) is 17.7. The highest BCUT2D eigenvalue weighted by Crippen LogP contribution is 2.28. The van der Waals surface area contributed by atoms with E-state index in [4.69, 9.17) is 0 Å². The van der Waals surface area contributed by atoms with Crippen molar-refractivity contribution in [3.8, 4) is 11.8 Å². The van der Waals surface area contributed by atoms with Crippen molar-refractivity contribution in [1.82, 2.24) is 20.1 Å². The second-order valence-corrected chi connectivity index (χ2v) is 8.13. The highest BCUT2D eigenvalue weighted by Gasteiger charge is 2.33. The van der Waals surface area contributed by atoms with Gasteiger partial charge in [-0.3, -0.25) is 14.5 Å². The lowest BCUT2D eigenvalue weighted by Crippen LogP contribution is -2.48. The summed E-state index contributed by atoms with van der Waals surface area (Å²) in [5, 5.41) is 8.72. The Labute approximate surface area is 177 Å². The van der Waals surface area contributed by atoms with Crippen LogP contribution in [0.25, 0.3) is 10.9 Å². The molecule has 0 aliphatic heterocycles. The molecule has 1 aliphatic rings. The smallest absolute Gasteiger partial charge is 0.255 e. The van der Waals surface area contributed by atoms with Crippen molar-refractivity contribution in [1.29, 1.82) is 0 Å². The fourth-order valence-electron chi connectivity index (χ4n) is 4.16. The number of rotatable bonds is 4. The zero-order valence-corrected chi connectivity index (χ0v) is 17.7. The number of benzene rings is 1. The van der Waals surface area contributed by atoms with E-state index in [0.29, 0.717) is 5.56 Å². The molecule has 2 aromatic heterocycles. The van der Waals surface area contributed by atoms with E-state index in [1.807, 2.05) is 42.1 Å². The lowest BCUT2D eigenvalue weighted by atomic mass is 9.81. The molecule has 1 amide bonds. The van der Waals surface area contributed by atoms with Crippen molar-refractivity contribution in [2.75, 3.05) is 0 Å². The SMILES string of the molecule is CCCn1ncc(C(=O)NC2(C#Cc3cnc4ccccc4c3)CCCCC2)c1C. The molecule has 4 rings (SSSR count). The van der Waals surface area contributed by atoms with E-state index in [2.05, 4.69) is 40.2 Å². The molecule has 154 valence electrons. The van der Waals surface area contributed by atoms with E-state index in [1.165, 1.54) is 6.42 Å². The van der Waals surface area contributed by atoms with Gasteiger partial charge in [-0.25, -0.2) is 0 Å². The van der Waals surface area contributed by atoms with Gasteiger partial charge in [-0.2, -0.15) is 5.10 Å². The number of amides is 1. The van der Waals surface area contributed by atoms with Crippen LogP contribution in [0, 0.1) is 18.8 Å². The molecule has 0 unspecified atom stereocenters. The predicted molar refractivity (Wildman–Crippen MR) is 119 cm³/mol. The zero-order chi connectivity index (χ0) is 21.0. The third-order valence-electron chi connectivity index (χ3n) is 5.88. The van der Waals surface area contributed by atoms with Crippen LogP contribution in [-0.2, 0) is 6.54 Å². The van der Waals surface area contributed by atoms with Gasteiger partial charge < -0.3 is 5.32 Å². The van der Waals surface area contributed by atoms with E-state index in [9.17, 15) is 4.79 Å². The van der Waals surface area contributed by atoms with E-state index in [-0.39, 0.29) is 5.91 Å². The molecular weight excluding hydrogens is 372 g/mol. The van der Waals surface area contributed by atoms with Crippen LogP contribution in [0.3, 0.4) is 0 Å². The molecule has 0 atom stereocenters. The Hall–Kier alpha value is -3.13. The monoisotopic (exact) mass is 400 g/mol. The molecule has 1 fully saturated rings. The second-order valence-electron chi connectivity index (χ2n) is 8.13. The first-order valence-corrected chi connectivity index (χ1v) is 10.8. The number of pyridine rings is 1. The molecule has 3 aromatic rings. The molecular formula is C25H28N4O. The van der Waals surface area contributed by atoms with Crippen molar-refractivity contribution in [3.05, 3.63) is 59.5 Å². The molecule has 0 spiro atoms. The third kappa shape index (κ3) is 4.23. The van der Waals surface area contributed by atoms with Gasteiger partial charge in [0.05, 0.1) is 17.3 Å². The van der Waals surface area contributed by atoms with Gasteiger partial charge in [0.25, 0.3) is 5.91 Å². The van der Waals surface area contributed by atoms with Crippen LogP contribution in [-0.4, -0.2) is 26.2 Å². The van der Waals surface area contributed by atoms with Crippen LogP contribution in [0.15, 0.2) is 42.7 Å². The third-order valence-corrected chi connectivity index (χ3v) is 5.88. The van der Waals surface area contributed by atoms with Gasteiger partial charge in [-0.15, -0.1) is 0 Å². The Morgan fingerprint density at radius 1 is 1.20 bits per heavy atom. The fraction of sp³-hybridized carbons (Fsp3) is 0.400. The standard InChI is InChI=1S/C25H28N4O/c1-3-15-29-19(2)22(18-27-29)24(30)28-25(12-7-4-8-13-25)14-11-20-16-21-9-5-6-10-23(21)26-17-20/h5-6,9-10,16-18H,3-4,7-8,12-13,15H2,1-2H3,(H,28,30). The van der Waals surface area contributed by atoms with Crippen molar-refractivity contribution >= 4 is 16.8 Å². The Bertz CT molecular complexity index is 1110. The Morgan fingerprint density at radius 3 is 2.80 bits per heavy atom. The molecule has 1 aliphatic carbocycles. The molecule has 1 N–H and O–H groups in total. The van der Waals surface area contributed by atoms with Gasteiger partial charge in [-0.05, 0) is 38.3 Å². The summed E-state index contributed by atoms with van der Waals surface area (Å²) < 4.78 is 1.90. The summed E-state index contributed by atoms with van der Waals surface area (Å²) >= 11 is 0. The number of aryl methyl sites for hydroxylation is 1. The van der Waals surface area contributed by atoms with E-state index in [1.54, 1.807) is 6.20 Å². The summed E-state index contributed by atoms with van der Waals surface area (Å²) in [7, 11) is 0. The molecule has 1 saturated carbocycles. The average Bonchev–Trinajstić information content (AvgIpc) is 3.13. The lowest BCUT2D eigenvalue weighted by Gasteiger charge is -2.33. The number of aromatic nitrogens is 3. The minimum Gasteiger partial charge on any atom is -0.336 e. The van der Waals surface area contributed by atoms with E-state index >= 15 is 0 Å². The van der Waals surface area contributed by atoms with Gasteiger partial charge in [0.1, 0.15) is 5.54 Å². The summed E-state index contributed by atoms with van der Waals surface area (Å²) in [5.74, 6) is 6.63. The maximum atomic E-state index is 13.1. The van der Waals surface area contributed by atoms with Crippen LogP contribution in [0.4, 0.5) is 0 Å². The fourth-order valence-corrected chi connectivity index (χ4v) is 4.16.